The van der Waals surface area contributed by atoms with Crippen molar-refractivity contribution in [3.63, 3.8) is 0 Å². The Morgan fingerprint density at radius 1 is 1.03 bits per heavy atom. The van der Waals surface area contributed by atoms with E-state index >= 15 is 0 Å². The van der Waals surface area contributed by atoms with Crippen molar-refractivity contribution < 1.29 is 23.9 Å². The van der Waals surface area contributed by atoms with Crippen molar-refractivity contribution in [2.45, 2.75) is 13.8 Å². The molecule has 7 nitrogen and oxygen atoms in total. The molecule has 3 aromatic rings. The number of Topliss-reactive ketones (excluding diaryl/α,β-unsaturated/α-hetero) is 1. The molecule has 168 valence electrons. The van der Waals surface area contributed by atoms with Crippen LogP contribution in [0.25, 0.3) is 0 Å². The molecule has 1 N–H and O–H groups in total. The number of amides is 2. The molecule has 0 unspecified atom stereocenters. The van der Waals surface area contributed by atoms with Gasteiger partial charge in [-0.05, 0) is 55.8 Å². The highest BCUT2D eigenvalue weighted by Crippen LogP contribution is 2.33. The van der Waals surface area contributed by atoms with Crippen LogP contribution in [0.4, 0.5) is 11.4 Å². The molecule has 0 bridgehead atoms. The van der Waals surface area contributed by atoms with Gasteiger partial charge in [0, 0.05) is 11.3 Å². The van der Waals surface area contributed by atoms with Crippen molar-refractivity contribution in [1.82, 2.24) is 0 Å². The van der Waals surface area contributed by atoms with Crippen molar-refractivity contribution in [3.05, 3.63) is 83.4 Å². The Labute approximate surface area is 191 Å². The first-order valence-corrected chi connectivity index (χ1v) is 10.6. The predicted molar refractivity (Wildman–Crippen MR) is 125 cm³/mol. The van der Waals surface area contributed by atoms with Gasteiger partial charge in [0.25, 0.3) is 5.91 Å². The molecule has 0 spiro atoms. The Kier molecular flexibility index (Phi) is 6.40. The molecule has 0 fully saturated rings. The van der Waals surface area contributed by atoms with Gasteiger partial charge in [0.1, 0.15) is 18.0 Å². The van der Waals surface area contributed by atoms with Crippen LogP contribution in [0.1, 0.15) is 21.5 Å². The van der Waals surface area contributed by atoms with E-state index in [4.69, 9.17) is 9.47 Å². The number of anilines is 2. The first-order chi connectivity index (χ1) is 15.9. The SMILES string of the molecule is Cc1ccc(OCC(=O)c2ccc3c(c2)N(CC(=O)Nc2ccccc2)C(=O)CO3)c(C)c1. The average molecular weight is 444 g/mol. The van der Waals surface area contributed by atoms with E-state index in [0.717, 1.165) is 11.1 Å². The number of carbonyl (C=O) groups excluding carboxylic acids is 3. The van der Waals surface area contributed by atoms with Crippen molar-refractivity contribution in [3.8, 4) is 11.5 Å². The van der Waals surface area contributed by atoms with Crippen LogP contribution in [-0.2, 0) is 9.59 Å². The van der Waals surface area contributed by atoms with Crippen molar-refractivity contribution in [2.24, 2.45) is 0 Å². The van der Waals surface area contributed by atoms with E-state index in [-0.39, 0.29) is 37.4 Å². The van der Waals surface area contributed by atoms with Crippen molar-refractivity contribution in [1.29, 1.82) is 0 Å². The maximum atomic E-state index is 12.8. The van der Waals surface area contributed by atoms with Gasteiger partial charge in [0.2, 0.25) is 5.91 Å². The lowest BCUT2D eigenvalue weighted by Crippen LogP contribution is -2.43. The molecule has 0 atom stereocenters. The normalized spacial score (nSPS) is 12.5. The Balaban J connectivity index is 1.49. The molecular formula is C26H24N2O5. The number of rotatable bonds is 7. The molecule has 33 heavy (non-hydrogen) atoms. The Morgan fingerprint density at radius 3 is 2.58 bits per heavy atom. The van der Waals surface area contributed by atoms with E-state index in [0.29, 0.717) is 28.4 Å². The minimum Gasteiger partial charge on any atom is -0.485 e. The number of aryl methyl sites for hydroxylation is 2. The van der Waals surface area contributed by atoms with Crippen LogP contribution in [0.5, 0.6) is 11.5 Å². The van der Waals surface area contributed by atoms with Crippen LogP contribution in [0.2, 0.25) is 0 Å². The highest BCUT2D eigenvalue weighted by molar-refractivity contribution is 6.06. The summed E-state index contributed by atoms with van der Waals surface area (Å²) in [7, 11) is 0. The average Bonchev–Trinajstić information content (AvgIpc) is 2.80. The van der Waals surface area contributed by atoms with E-state index in [1.165, 1.54) is 4.90 Å². The minimum atomic E-state index is -0.359. The number of fused-ring (bicyclic) bond motifs is 1. The molecule has 1 aliphatic heterocycles. The van der Waals surface area contributed by atoms with Crippen molar-refractivity contribution in [2.75, 3.05) is 30.0 Å². The van der Waals surface area contributed by atoms with E-state index < -0.39 is 0 Å². The molecule has 0 saturated carbocycles. The zero-order chi connectivity index (χ0) is 23.4. The van der Waals surface area contributed by atoms with Gasteiger partial charge in [0.15, 0.2) is 19.0 Å². The van der Waals surface area contributed by atoms with Crippen LogP contribution < -0.4 is 19.7 Å². The molecule has 7 heteroatoms. The fourth-order valence-electron chi connectivity index (χ4n) is 3.60. The van der Waals surface area contributed by atoms with Crippen LogP contribution in [0.15, 0.2) is 66.7 Å². The van der Waals surface area contributed by atoms with E-state index in [1.807, 2.05) is 50.2 Å². The second-order valence-electron chi connectivity index (χ2n) is 7.85. The summed E-state index contributed by atoms with van der Waals surface area (Å²) in [5.41, 5.74) is 3.44. The molecule has 1 aliphatic rings. The first kappa shape index (κ1) is 22.1. The summed E-state index contributed by atoms with van der Waals surface area (Å²) in [5, 5.41) is 2.77. The Hall–Kier alpha value is -4.13. The third-order valence-electron chi connectivity index (χ3n) is 5.27. The topological polar surface area (TPSA) is 84.9 Å². The van der Waals surface area contributed by atoms with Gasteiger partial charge in [-0.2, -0.15) is 0 Å². The maximum Gasteiger partial charge on any atom is 0.265 e. The second-order valence-corrected chi connectivity index (χ2v) is 7.85. The van der Waals surface area contributed by atoms with Gasteiger partial charge < -0.3 is 14.8 Å². The molecule has 0 aliphatic carbocycles. The summed E-state index contributed by atoms with van der Waals surface area (Å²) < 4.78 is 11.2. The number of ether oxygens (including phenoxy) is 2. The maximum absolute atomic E-state index is 12.8. The number of carbonyl (C=O) groups is 3. The molecule has 0 radical (unpaired) electrons. The third-order valence-corrected chi connectivity index (χ3v) is 5.27. The standard InChI is InChI=1S/C26H24N2O5/c1-17-8-10-23(18(2)12-17)32-15-22(29)19-9-11-24-21(13-19)28(26(31)16-33-24)14-25(30)27-20-6-4-3-5-7-20/h3-13H,14-16H2,1-2H3,(H,27,30). The van der Waals surface area contributed by atoms with Crippen LogP contribution in [0.3, 0.4) is 0 Å². The highest BCUT2D eigenvalue weighted by Gasteiger charge is 2.28. The van der Waals surface area contributed by atoms with Crippen LogP contribution >= 0.6 is 0 Å². The summed E-state index contributed by atoms with van der Waals surface area (Å²) >= 11 is 0. The number of hydrogen-bond acceptors (Lipinski definition) is 5. The lowest BCUT2D eigenvalue weighted by atomic mass is 10.1. The third kappa shape index (κ3) is 5.20. The number of para-hydroxylation sites is 1. The van der Waals surface area contributed by atoms with Gasteiger partial charge >= 0.3 is 0 Å². The number of nitrogens with one attached hydrogen (secondary N) is 1. The number of benzene rings is 3. The van der Waals surface area contributed by atoms with Crippen molar-refractivity contribution >= 4 is 29.0 Å². The zero-order valence-electron chi connectivity index (χ0n) is 18.5. The smallest absolute Gasteiger partial charge is 0.265 e. The number of hydrogen-bond donors (Lipinski definition) is 1. The summed E-state index contributed by atoms with van der Waals surface area (Å²) in [6.07, 6.45) is 0. The van der Waals surface area contributed by atoms with Gasteiger partial charge in [-0.25, -0.2) is 0 Å². The van der Waals surface area contributed by atoms with E-state index in [9.17, 15) is 14.4 Å². The molecule has 1 heterocycles. The van der Waals surface area contributed by atoms with Crippen LogP contribution in [-0.4, -0.2) is 37.4 Å². The molecule has 0 saturated heterocycles. The van der Waals surface area contributed by atoms with Gasteiger partial charge in [0.05, 0.1) is 5.69 Å². The summed E-state index contributed by atoms with van der Waals surface area (Å²) in [6.45, 7) is 3.40. The van der Waals surface area contributed by atoms with Gasteiger partial charge in [-0.3, -0.25) is 19.3 Å². The summed E-state index contributed by atoms with van der Waals surface area (Å²) in [5.74, 6) is 0.127. The van der Waals surface area contributed by atoms with Crippen LogP contribution in [0, 0.1) is 13.8 Å². The largest absolute Gasteiger partial charge is 0.485 e. The number of ketones is 1. The molecular weight excluding hydrogens is 420 g/mol. The first-order valence-electron chi connectivity index (χ1n) is 10.6. The quantitative estimate of drug-likeness (QED) is 0.558. The molecule has 4 rings (SSSR count). The summed E-state index contributed by atoms with van der Waals surface area (Å²) in [4.78, 5) is 39.2. The van der Waals surface area contributed by atoms with E-state index in [1.54, 1.807) is 30.3 Å². The minimum absolute atomic E-state index is 0.147. The molecule has 3 aromatic carbocycles. The Morgan fingerprint density at radius 2 is 1.82 bits per heavy atom. The summed E-state index contributed by atoms with van der Waals surface area (Å²) in [6, 6.07) is 19.6. The molecule has 0 aromatic heterocycles. The lowest BCUT2D eigenvalue weighted by molar-refractivity contribution is -0.123. The second kappa shape index (κ2) is 9.56. The number of nitrogens with zero attached hydrogens (tertiary/aromatic N) is 1. The fourth-order valence-corrected chi connectivity index (χ4v) is 3.60. The lowest BCUT2D eigenvalue weighted by Gasteiger charge is -2.29. The van der Waals surface area contributed by atoms with E-state index in [2.05, 4.69) is 5.32 Å². The Bertz CT molecular complexity index is 1210. The highest BCUT2D eigenvalue weighted by atomic mass is 16.5. The zero-order valence-corrected chi connectivity index (χ0v) is 18.5. The molecule has 2 amide bonds. The van der Waals surface area contributed by atoms with Gasteiger partial charge in [-0.1, -0.05) is 35.9 Å². The monoisotopic (exact) mass is 444 g/mol. The van der Waals surface area contributed by atoms with Gasteiger partial charge in [-0.15, -0.1) is 0 Å². The predicted octanol–water partition coefficient (Wildman–Crippen LogP) is 3.93. The fraction of sp³-hybridized carbons (Fsp3) is 0.192.